The van der Waals surface area contributed by atoms with Crippen LogP contribution in [0.2, 0.25) is 5.02 Å². The maximum atomic E-state index is 10.7. The van der Waals surface area contributed by atoms with Gasteiger partial charge in [0.15, 0.2) is 0 Å². The second-order valence-corrected chi connectivity index (χ2v) is 5.22. The van der Waals surface area contributed by atoms with Gasteiger partial charge in [0, 0.05) is 24.7 Å². The highest BCUT2D eigenvalue weighted by molar-refractivity contribution is 6.33. The van der Waals surface area contributed by atoms with Crippen molar-refractivity contribution in [1.29, 1.82) is 0 Å². The number of nitrogens with two attached hydrogens (primary N) is 1. The molecule has 1 aromatic rings. The molecule has 1 aliphatic rings. The molecule has 0 aromatic heterocycles. The van der Waals surface area contributed by atoms with Crippen LogP contribution in [0.25, 0.3) is 0 Å². The van der Waals surface area contributed by atoms with Gasteiger partial charge in [-0.3, -0.25) is 10.1 Å². The Balaban J connectivity index is 2.26. The summed E-state index contributed by atoms with van der Waals surface area (Å²) in [5.74, 6) is 0. The molecule has 6 heteroatoms. The molecule has 5 nitrogen and oxygen atoms in total. The molecule has 2 N–H and O–H groups in total. The zero-order valence-electron chi connectivity index (χ0n) is 10.7. The SMILES string of the molecule is NCCC1CCCCN1c1ccc([N+](=O)[O-])cc1Cl. The van der Waals surface area contributed by atoms with E-state index in [0.29, 0.717) is 17.6 Å². The fourth-order valence-corrected chi connectivity index (χ4v) is 2.94. The van der Waals surface area contributed by atoms with Gasteiger partial charge in [-0.05, 0) is 38.3 Å². The van der Waals surface area contributed by atoms with E-state index in [4.69, 9.17) is 17.3 Å². The average molecular weight is 284 g/mol. The molecule has 1 heterocycles. The van der Waals surface area contributed by atoms with Crippen LogP contribution < -0.4 is 10.6 Å². The second-order valence-electron chi connectivity index (χ2n) is 4.81. The van der Waals surface area contributed by atoms with E-state index in [1.807, 2.05) is 0 Å². The lowest BCUT2D eigenvalue weighted by Crippen LogP contribution is -2.40. The molecule has 2 rings (SSSR count). The Bertz CT molecular complexity index is 465. The number of non-ortho nitro benzene ring substituents is 1. The molecule has 1 unspecified atom stereocenters. The molecule has 0 spiro atoms. The molecule has 0 bridgehead atoms. The quantitative estimate of drug-likeness (QED) is 0.681. The van der Waals surface area contributed by atoms with Crippen molar-refractivity contribution in [3.8, 4) is 0 Å². The zero-order valence-corrected chi connectivity index (χ0v) is 11.5. The van der Waals surface area contributed by atoms with E-state index < -0.39 is 4.92 Å². The van der Waals surface area contributed by atoms with Crippen molar-refractivity contribution in [2.24, 2.45) is 5.73 Å². The highest BCUT2D eigenvalue weighted by atomic mass is 35.5. The predicted molar refractivity (Wildman–Crippen MR) is 76.8 cm³/mol. The van der Waals surface area contributed by atoms with Gasteiger partial charge in [0.05, 0.1) is 15.6 Å². The van der Waals surface area contributed by atoms with Crippen molar-refractivity contribution in [2.45, 2.75) is 31.7 Å². The Morgan fingerprint density at radius 3 is 2.89 bits per heavy atom. The molecule has 1 saturated heterocycles. The van der Waals surface area contributed by atoms with Crippen molar-refractivity contribution in [2.75, 3.05) is 18.0 Å². The van der Waals surface area contributed by atoms with Crippen molar-refractivity contribution in [3.63, 3.8) is 0 Å². The largest absolute Gasteiger partial charge is 0.367 e. The lowest BCUT2D eigenvalue weighted by molar-refractivity contribution is -0.384. The maximum Gasteiger partial charge on any atom is 0.271 e. The normalized spacial score (nSPS) is 19.5. The van der Waals surface area contributed by atoms with Crippen molar-refractivity contribution >= 4 is 23.0 Å². The van der Waals surface area contributed by atoms with E-state index in [1.165, 1.54) is 18.6 Å². The molecule has 0 saturated carbocycles. The van der Waals surface area contributed by atoms with Crippen LogP contribution in [0.4, 0.5) is 11.4 Å². The van der Waals surface area contributed by atoms with Crippen LogP contribution in [0, 0.1) is 10.1 Å². The molecular formula is C13H18ClN3O2. The molecule has 1 fully saturated rings. The van der Waals surface area contributed by atoms with Crippen LogP contribution in [0.15, 0.2) is 18.2 Å². The summed E-state index contributed by atoms with van der Waals surface area (Å²) in [5, 5.41) is 11.2. The molecule has 1 atom stereocenters. The number of hydrogen-bond acceptors (Lipinski definition) is 4. The van der Waals surface area contributed by atoms with Gasteiger partial charge < -0.3 is 10.6 Å². The molecule has 19 heavy (non-hydrogen) atoms. The first kappa shape index (κ1) is 14.1. The number of rotatable bonds is 4. The van der Waals surface area contributed by atoms with Crippen molar-refractivity contribution in [1.82, 2.24) is 0 Å². The third-order valence-corrected chi connectivity index (χ3v) is 3.88. The highest BCUT2D eigenvalue weighted by Gasteiger charge is 2.24. The van der Waals surface area contributed by atoms with Crippen LogP contribution >= 0.6 is 11.6 Å². The average Bonchev–Trinajstić information content (AvgIpc) is 2.40. The highest BCUT2D eigenvalue weighted by Crippen LogP contribution is 2.34. The van der Waals surface area contributed by atoms with Gasteiger partial charge in [-0.2, -0.15) is 0 Å². The van der Waals surface area contributed by atoms with Crippen LogP contribution in [-0.4, -0.2) is 24.1 Å². The smallest absolute Gasteiger partial charge is 0.271 e. The predicted octanol–water partition coefficient (Wildman–Crippen LogP) is 2.96. The Morgan fingerprint density at radius 2 is 2.26 bits per heavy atom. The third-order valence-electron chi connectivity index (χ3n) is 3.58. The number of nitro benzene ring substituents is 1. The lowest BCUT2D eigenvalue weighted by Gasteiger charge is -2.38. The fourth-order valence-electron chi connectivity index (χ4n) is 2.65. The Labute approximate surface area is 117 Å². The van der Waals surface area contributed by atoms with Crippen LogP contribution in [-0.2, 0) is 0 Å². The Hall–Kier alpha value is -1.33. The molecule has 1 aromatic carbocycles. The third kappa shape index (κ3) is 3.16. The summed E-state index contributed by atoms with van der Waals surface area (Å²) in [4.78, 5) is 12.5. The minimum atomic E-state index is -0.427. The standard InChI is InChI=1S/C13H18ClN3O2/c14-12-9-11(17(18)19)4-5-13(12)16-8-2-1-3-10(16)6-7-15/h4-5,9-10H,1-3,6-8,15H2. The van der Waals surface area contributed by atoms with Gasteiger partial charge in [0.2, 0.25) is 0 Å². The van der Waals surface area contributed by atoms with Crippen molar-refractivity contribution < 1.29 is 4.92 Å². The first-order valence-corrected chi connectivity index (χ1v) is 6.92. The van der Waals surface area contributed by atoms with Crippen LogP contribution in [0.3, 0.4) is 0 Å². The summed E-state index contributed by atoms with van der Waals surface area (Å²) in [6.07, 6.45) is 4.35. The molecule has 0 aliphatic carbocycles. The van der Waals surface area contributed by atoms with Gasteiger partial charge in [-0.25, -0.2) is 0 Å². The summed E-state index contributed by atoms with van der Waals surface area (Å²) >= 11 is 6.19. The van der Waals surface area contributed by atoms with Gasteiger partial charge in [0.1, 0.15) is 0 Å². The van der Waals surface area contributed by atoms with E-state index in [9.17, 15) is 10.1 Å². The number of benzene rings is 1. The number of nitro groups is 1. The van der Waals surface area contributed by atoms with Gasteiger partial charge >= 0.3 is 0 Å². The number of halogens is 1. The van der Waals surface area contributed by atoms with Gasteiger partial charge in [0.25, 0.3) is 5.69 Å². The summed E-state index contributed by atoms with van der Waals surface area (Å²) in [6, 6.07) is 5.06. The minimum absolute atomic E-state index is 0.0288. The summed E-state index contributed by atoms with van der Waals surface area (Å²) in [5.41, 5.74) is 6.56. The van der Waals surface area contributed by atoms with E-state index in [1.54, 1.807) is 6.07 Å². The first-order valence-electron chi connectivity index (χ1n) is 6.54. The fraction of sp³-hybridized carbons (Fsp3) is 0.538. The number of hydrogen-bond donors (Lipinski definition) is 1. The van der Waals surface area contributed by atoms with E-state index >= 15 is 0 Å². The van der Waals surface area contributed by atoms with Crippen LogP contribution in [0.5, 0.6) is 0 Å². The minimum Gasteiger partial charge on any atom is -0.367 e. The van der Waals surface area contributed by atoms with Crippen molar-refractivity contribution in [3.05, 3.63) is 33.3 Å². The number of anilines is 1. The zero-order chi connectivity index (χ0) is 13.8. The number of nitrogens with zero attached hydrogens (tertiary/aromatic N) is 2. The summed E-state index contributed by atoms with van der Waals surface area (Å²) < 4.78 is 0. The van der Waals surface area contributed by atoms with E-state index in [0.717, 1.165) is 31.5 Å². The topological polar surface area (TPSA) is 72.4 Å². The maximum absolute atomic E-state index is 10.7. The Morgan fingerprint density at radius 1 is 1.47 bits per heavy atom. The second kappa shape index (κ2) is 6.21. The van der Waals surface area contributed by atoms with E-state index in [-0.39, 0.29) is 5.69 Å². The molecule has 1 aliphatic heterocycles. The molecular weight excluding hydrogens is 266 g/mol. The monoisotopic (exact) mass is 283 g/mol. The van der Waals surface area contributed by atoms with Crippen LogP contribution in [0.1, 0.15) is 25.7 Å². The Kier molecular flexibility index (Phi) is 4.61. The molecule has 0 radical (unpaired) electrons. The molecule has 104 valence electrons. The van der Waals surface area contributed by atoms with Gasteiger partial charge in [-0.15, -0.1) is 0 Å². The first-order chi connectivity index (χ1) is 9.13. The summed E-state index contributed by atoms with van der Waals surface area (Å²) in [7, 11) is 0. The lowest BCUT2D eigenvalue weighted by atomic mass is 9.98. The van der Waals surface area contributed by atoms with E-state index in [2.05, 4.69) is 4.90 Å². The van der Waals surface area contributed by atoms with Gasteiger partial charge in [-0.1, -0.05) is 11.6 Å². The summed E-state index contributed by atoms with van der Waals surface area (Å²) in [6.45, 7) is 1.58. The number of piperidine rings is 1. The molecule has 0 amide bonds.